The number of hydrogen-bond donors (Lipinski definition) is 2. The second-order valence-electron chi connectivity index (χ2n) is 6.42. The lowest BCUT2D eigenvalue weighted by molar-refractivity contribution is -0.150. The number of carbonyl (C=O) groups excluding carboxylic acids is 1. The quantitative estimate of drug-likeness (QED) is 0.828. The molecule has 1 aliphatic rings. The molecular weight excluding hydrogens is 289 g/mol. The Bertz CT molecular complexity index is 404. The molecule has 0 spiro atoms. The summed E-state index contributed by atoms with van der Waals surface area (Å²) in [6.07, 6.45) is -4.28. The van der Waals surface area contributed by atoms with E-state index in [2.05, 4.69) is 5.32 Å². The van der Waals surface area contributed by atoms with Gasteiger partial charge in [0.1, 0.15) is 0 Å². The molecule has 8 heteroatoms. The Kier molecular flexibility index (Phi) is 5.25. The first-order valence-corrected chi connectivity index (χ1v) is 6.72. The molecule has 0 aliphatic carbocycles. The summed E-state index contributed by atoms with van der Waals surface area (Å²) in [6, 6.07) is -0.673. The lowest BCUT2D eigenvalue weighted by Crippen LogP contribution is -2.56. The topological polar surface area (TPSA) is 69.6 Å². The number of carboxylic acid groups (broad SMARTS) is 1. The van der Waals surface area contributed by atoms with Gasteiger partial charge >= 0.3 is 12.1 Å². The smallest absolute Gasteiger partial charge is 0.401 e. The Morgan fingerprint density at radius 1 is 1.24 bits per heavy atom. The number of carboxylic acids is 1. The van der Waals surface area contributed by atoms with Gasteiger partial charge in [-0.3, -0.25) is 9.59 Å². The molecule has 2 N–H and O–H groups in total. The second-order valence-corrected chi connectivity index (χ2v) is 6.42. The van der Waals surface area contributed by atoms with Gasteiger partial charge in [0, 0.05) is 24.5 Å². The molecule has 21 heavy (non-hydrogen) atoms. The zero-order valence-electron chi connectivity index (χ0n) is 12.3. The SMILES string of the molecule is CC(C)(C)C(=O)N1CC(NCC(F)(F)F)CC(C(=O)O)C1. The number of likely N-dealkylation sites (tertiary alicyclic amines) is 1. The van der Waals surface area contributed by atoms with Crippen molar-refractivity contribution in [3.8, 4) is 0 Å². The minimum Gasteiger partial charge on any atom is -0.481 e. The Morgan fingerprint density at radius 3 is 2.24 bits per heavy atom. The number of hydrogen-bond acceptors (Lipinski definition) is 3. The minimum absolute atomic E-state index is 0.0373. The van der Waals surface area contributed by atoms with E-state index in [-0.39, 0.29) is 25.4 Å². The maximum atomic E-state index is 12.3. The molecule has 1 heterocycles. The van der Waals surface area contributed by atoms with Crippen molar-refractivity contribution in [2.75, 3.05) is 19.6 Å². The molecule has 1 amide bonds. The van der Waals surface area contributed by atoms with Crippen molar-refractivity contribution in [1.82, 2.24) is 10.2 Å². The van der Waals surface area contributed by atoms with Crippen LogP contribution in [-0.2, 0) is 9.59 Å². The summed E-state index contributed by atoms with van der Waals surface area (Å²) in [5, 5.41) is 11.4. The first kappa shape index (κ1) is 17.7. The van der Waals surface area contributed by atoms with E-state index >= 15 is 0 Å². The van der Waals surface area contributed by atoms with Crippen molar-refractivity contribution in [3.63, 3.8) is 0 Å². The Labute approximate surface area is 121 Å². The van der Waals surface area contributed by atoms with Crippen LogP contribution >= 0.6 is 0 Å². The number of piperidine rings is 1. The van der Waals surface area contributed by atoms with E-state index in [0.29, 0.717) is 0 Å². The number of rotatable bonds is 3. The van der Waals surface area contributed by atoms with Crippen LogP contribution in [-0.4, -0.2) is 53.7 Å². The number of nitrogens with one attached hydrogen (secondary N) is 1. The average Bonchev–Trinajstić information content (AvgIpc) is 2.33. The second kappa shape index (κ2) is 6.21. The Balaban J connectivity index is 2.78. The number of carbonyl (C=O) groups is 2. The van der Waals surface area contributed by atoms with Crippen LogP contribution in [0.5, 0.6) is 0 Å². The predicted molar refractivity (Wildman–Crippen MR) is 69.6 cm³/mol. The van der Waals surface area contributed by atoms with Gasteiger partial charge in [0.25, 0.3) is 0 Å². The summed E-state index contributed by atoms with van der Waals surface area (Å²) in [5.74, 6) is -2.21. The van der Waals surface area contributed by atoms with Crippen LogP contribution in [0.4, 0.5) is 13.2 Å². The highest BCUT2D eigenvalue weighted by Crippen LogP contribution is 2.24. The molecule has 0 aromatic carbocycles. The molecule has 0 saturated carbocycles. The van der Waals surface area contributed by atoms with Gasteiger partial charge in [0.05, 0.1) is 12.5 Å². The van der Waals surface area contributed by atoms with Crippen molar-refractivity contribution in [2.24, 2.45) is 11.3 Å². The molecule has 1 fully saturated rings. The Hall–Kier alpha value is -1.31. The molecule has 2 atom stereocenters. The summed E-state index contributed by atoms with van der Waals surface area (Å²) < 4.78 is 36.8. The summed E-state index contributed by atoms with van der Waals surface area (Å²) in [5.41, 5.74) is -0.699. The molecule has 122 valence electrons. The van der Waals surface area contributed by atoms with Gasteiger partial charge in [-0.1, -0.05) is 20.8 Å². The summed E-state index contributed by atoms with van der Waals surface area (Å²) in [7, 11) is 0. The van der Waals surface area contributed by atoms with Crippen LogP contribution in [0.15, 0.2) is 0 Å². The van der Waals surface area contributed by atoms with Crippen LogP contribution in [0.25, 0.3) is 0 Å². The average molecular weight is 310 g/mol. The monoisotopic (exact) mass is 310 g/mol. The van der Waals surface area contributed by atoms with Crippen molar-refractivity contribution >= 4 is 11.9 Å². The molecule has 1 rings (SSSR count). The van der Waals surface area contributed by atoms with Gasteiger partial charge in [0.2, 0.25) is 5.91 Å². The van der Waals surface area contributed by atoms with Crippen LogP contribution in [0, 0.1) is 11.3 Å². The van der Waals surface area contributed by atoms with Crippen molar-refractivity contribution in [1.29, 1.82) is 0 Å². The molecule has 0 aromatic rings. The zero-order valence-corrected chi connectivity index (χ0v) is 12.3. The highest BCUT2D eigenvalue weighted by Gasteiger charge is 2.38. The normalized spacial score (nSPS) is 24.0. The third-order valence-corrected chi connectivity index (χ3v) is 3.32. The van der Waals surface area contributed by atoms with Gasteiger partial charge in [0.15, 0.2) is 0 Å². The van der Waals surface area contributed by atoms with Crippen LogP contribution in [0.3, 0.4) is 0 Å². The third-order valence-electron chi connectivity index (χ3n) is 3.32. The number of alkyl halides is 3. The van der Waals surface area contributed by atoms with Gasteiger partial charge in [-0.2, -0.15) is 13.2 Å². The Morgan fingerprint density at radius 2 is 1.81 bits per heavy atom. The molecule has 0 bridgehead atoms. The third kappa shape index (κ3) is 5.53. The van der Waals surface area contributed by atoms with E-state index in [9.17, 15) is 22.8 Å². The van der Waals surface area contributed by atoms with E-state index in [1.54, 1.807) is 20.8 Å². The van der Waals surface area contributed by atoms with E-state index in [1.807, 2.05) is 0 Å². The number of nitrogens with zero attached hydrogens (tertiary/aromatic N) is 1. The molecule has 5 nitrogen and oxygen atoms in total. The largest absolute Gasteiger partial charge is 0.481 e. The van der Waals surface area contributed by atoms with E-state index in [1.165, 1.54) is 4.90 Å². The molecule has 1 aliphatic heterocycles. The van der Waals surface area contributed by atoms with Crippen LogP contribution in [0.2, 0.25) is 0 Å². The molecule has 1 saturated heterocycles. The standard InChI is InChI=1S/C13H21F3N2O3/c1-12(2,3)11(21)18-5-8(10(19)20)4-9(6-18)17-7-13(14,15)16/h8-9,17H,4-7H2,1-3H3,(H,19,20). The fourth-order valence-corrected chi connectivity index (χ4v) is 2.33. The molecule has 2 unspecified atom stereocenters. The van der Waals surface area contributed by atoms with E-state index < -0.39 is 36.1 Å². The lowest BCUT2D eigenvalue weighted by Gasteiger charge is -2.39. The van der Waals surface area contributed by atoms with E-state index in [0.717, 1.165) is 0 Å². The summed E-state index contributed by atoms with van der Waals surface area (Å²) in [4.78, 5) is 24.7. The van der Waals surface area contributed by atoms with Crippen molar-refractivity contribution in [2.45, 2.75) is 39.4 Å². The van der Waals surface area contributed by atoms with Gasteiger partial charge in [-0.05, 0) is 6.42 Å². The van der Waals surface area contributed by atoms with Gasteiger partial charge in [-0.15, -0.1) is 0 Å². The highest BCUT2D eigenvalue weighted by atomic mass is 19.4. The van der Waals surface area contributed by atoms with Gasteiger partial charge in [-0.25, -0.2) is 0 Å². The first-order valence-electron chi connectivity index (χ1n) is 6.72. The highest BCUT2D eigenvalue weighted by molar-refractivity contribution is 5.82. The fourth-order valence-electron chi connectivity index (χ4n) is 2.33. The van der Waals surface area contributed by atoms with Gasteiger partial charge < -0.3 is 15.3 Å². The lowest BCUT2D eigenvalue weighted by atomic mass is 9.89. The number of aliphatic carboxylic acids is 1. The van der Waals surface area contributed by atoms with Crippen LogP contribution < -0.4 is 5.32 Å². The predicted octanol–water partition coefficient (Wildman–Crippen LogP) is 1.49. The summed E-state index contributed by atoms with van der Waals surface area (Å²) in [6.45, 7) is 4.01. The van der Waals surface area contributed by atoms with Crippen molar-refractivity contribution < 1.29 is 27.9 Å². The summed E-state index contributed by atoms with van der Waals surface area (Å²) >= 11 is 0. The maximum absolute atomic E-state index is 12.3. The molecule has 0 aromatic heterocycles. The minimum atomic E-state index is -4.37. The zero-order chi connectivity index (χ0) is 16.4. The van der Waals surface area contributed by atoms with Crippen molar-refractivity contribution in [3.05, 3.63) is 0 Å². The maximum Gasteiger partial charge on any atom is 0.401 e. The molecule has 0 radical (unpaired) electrons. The number of halogens is 3. The van der Waals surface area contributed by atoms with E-state index in [4.69, 9.17) is 5.11 Å². The number of amides is 1. The first-order chi connectivity index (χ1) is 9.40. The fraction of sp³-hybridized carbons (Fsp3) is 0.846. The molecular formula is C13H21F3N2O3. The van der Waals surface area contributed by atoms with Crippen LogP contribution in [0.1, 0.15) is 27.2 Å².